The van der Waals surface area contributed by atoms with E-state index in [-0.39, 0.29) is 17.8 Å². The Morgan fingerprint density at radius 3 is 2.88 bits per heavy atom. The molecule has 0 bridgehead atoms. The van der Waals surface area contributed by atoms with Crippen LogP contribution in [-0.4, -0.2) is 42.5 Å². The largest absolute Gasteiger partial charge is 0.384 e. The first-order valence-electron chi connectivity index (χ1n) is 5.27. The second-order valence-electron chi connectivity index (χ2n) is 4.11. The second kappa shape index (κ2) is 5.84. The lowest BCUT2D eigenvalue weighted by molar-refractivity contribution is 0.0944. The van der Waals surface area contributed by atoms with Crippen LogP contribution < -0.4 is 11.1 Å². The molecule has 0 saturated heterocycles. The molecule has 1 atom stereocenters. The number of hydrogen-bond donors (Lipinski definition) is 2. The molecule has 0 aliphatic heterocycles. The molecule has 17 heavy (non-hydrogen) atoms. The molecule has 1 unspecified atom stereocenters. The van der Waals surface area contributed by atoms with Crippen LogP contribution in [0.15, 0.2) is 12.3 Å². The molecule has 0 aliphatic carbocycles. The van der Waals surface area contributed by atoms with Crippen LogP contribution in [0.5, 0.6) is 0 Å². The normalized spacial score (nSPS) is 12.5. The summed E-state index contributed by atoms with van der Waals surface area (Å²) in [5.41, 5.74) is 5.86. The van der Waals surface area contributed by atoms with Crippen molar-refractivity contribution < 1.29 is 4.79 Å². The molecule has 1 aromatic rings. The molecule has 94 valence electrons. The van der Waals surface area contributed by atoms with Crippen molar-refractivity contribution in [2.75, 3.05) is 26.4 Å². The number of amides is 1. The Bertz CT molecular complexity index is 408. The first-order chi connectivity index (χ1) is 7.91. The maximum Gasteiger partial charge on any atom is 0.253 e. The maximum atomic E-state index is 11.8. The number of nitrogens with one attached hydrogen (secondary N) is 1. The number of rotatable bonds is 4. The fourth-order valence-electron chi connectivity index (χ4n) is 1.15. The third-order valence-electron chi connectivity index (χ3n) is 2.56. The minimum Gasteiger partial charge on any atom is -0.384 e. The molecule has 0 saturated carbocycles. The molecule has 0 aliphatic rings. The minimum atomic E-state index is -0.238. The molecule has 1 aromatic heterocycles. The summed E-state index contributed by atoms with van der Waals surface area (Å²) >= 11 is 5.88. The Hall–Kier alpha value is -1.33. The van der Waals surface area contributed by atoms with Crippen LogP contribution in [0.3, 0.4) is 0 Å². The van der Waals surface area contributed by atoms with Crippen molar-refractivity contribution in [3.05, 3.63) is 22.8 Å². The Kier molecular flexibility index (Phi) is 4.72. The smallest absolute Gasteiger partial charge is 0.253 e. The highest BCUT2D eigenvalue weighted by atomic mass is 35.5. The van der Waals surface area contributed by atoms with Gasteiger partial charge in [0.2, 0.25) is 0 Å². The summed E-state index contributed by atoms with van der Waals surface area (Å²) in [5.74, 6) is 0.0398. The van der Waals surface area contributed by atoms with E-state index in [1.165, 1.54) is 12.3 Å². The maximum absolute atomic E-state index is 11.8. The van der Waals surface area contributed by atoms with Gasteiger partial charge in [-0.2, -0.15) is 0 Å². The number of likely N-dealkylation sites (N-methyl/N-ethyl adjacent to an activating group) is 1. The van der Waals surface area contributed by atoms with Crippen LogP contribution in [-0.2, 0) is 0 Å². The Labute approximate surface area is 106 Å². The highest BCUT2D eigenvalue weighted by Crippen LogP contribution is 2.16. The quantitative estimate of drug-likeness (QED) is 0.843. The summed E-state index contributed by atoms with van der Waals surface area (Å²) in [5, 5.41) is 3.10. The summed E-state index contributed by atoms with van der Waals surface area (Å²) in [6, 6.07) is 1.72. The van der Waals surface area contributed by atoms with Crippen molar-refractivity contribution in [1.82, 2.24) is 15.2 Å². The van der Waals surface area contributed by atoms with Gasteiger partial charge in [0.25, 0.3) is 5.91 Å². The van der Waals surface area contributed by atoms with E-state index in [0.29, 0.717) is 17.1 Å². The van der Waals surface area contributed by atoms with Crippen molar-refractivity contribution >= 4 is 23.3 Å². The number of hydrogen-bond acceptors (Lipinski definition) is 4. The summed E-state index contributed by atoms with van der Waals surface area (Å²) < 4.78 is 0. The van der Waals surface area contributed by atoms with E-state index >= 15 is 0 Å². The number of aromatic nitrogens is 1. The Balaban J connectivity index is 2.67. The van der Waals surface area contributed by atoms with Crippen molar-refractivity contribution in [3.8, 4) is 0 Å². The van der Waals surface area contributed by atoms with E-state index in [9.17, 15) is 4.79 Å². The monoisotopic (exact) mass is 256 g/mol. The lowest BCUT2D eigenvalue weighted by atomic mass is 10.2. The van der Waals surface area contributed by atoms with Gasteiger partial charge < -0.3 is 16.0 Å². The van der Waals surface area contributed by atoms with E-state index in [2.05, 4.69) is 10.3 Å². The molecular weight excluding hydrogens is 240 g/mol. The fourth-order valence-corrected chi connectivity index (χ4v) is 1.34. The molecule has 1 amide bonds. The molecule has 1 rings (SSSR count). The zero-order valence-electron chi connectivity index (χ0n) is 10.2. The zero-order valence-corrected chi connectivity index (χ0v) is 11.0. The van der Waals surface area contributed by atoms with Gasteiger partial charge in [-0.1, -0.05) is 11.6 Å². The molecular formula is C11H17ClN4O. The van der Waals surface area contributed by atoms with Gasteiger partial charge in [-0.15, -0.1) is 0 Å². The molecule has 6 heteroatoms. The first kappa shape index (κ1) is 13.7. The second-order valence-corrected chi connectivity index (χ2v) is 4.52. The predicted molar refractivity (Wildman–Crippen MR) is 69.1 cm³/mol. The molecule has 1 heterocycles. The number of anilines is 1. The molecule has 0 fully saturated rings. The van der Waals surface area contributed by atoms with Crippen LogP contribution in [0, 0.1) is 0 Å². The topological polar surface area (TPSA) is 71.2 Å². The Morgan fingerprint density at radius 1 is 1.65 bits per heavy atom. The van der Waals surface area contributed by atoms with Crippen molar-refractivity contribution in [3.63, 3.8) is 0 Å². The van der Waals surface area contributed by atoms with Gasteiger partial charge in [-0.05, 0) is 27.1 Å². The standard InChI is InChI=1S/C11H17ClN4O/c1-7(16(2)3)5-15-11(17)8-4-10(13)14-6-9(8)12/h4,6-7H,5H2,1-3H3,(H2,13,14)(H,15,17). The predicted octanol–water partition coefficient (Wildman–Crippen LogP) is 0.997. The first-order valence-corrected chi connectivity index (χ1v) is 5.65. The lowest BCUT2D eigenvalue weighted by Crippen LogP contribution is -2.38. The van der Waals surface area contributed by atoms with E-state index in [0.717, 1.165) is 0 Å². The fraction of sp³-hybridized carbons (Fsp3) is 0.455. The molecule has 5 nitrogen and oxygen atoms in total. The number of carbonyl (C=O) groups is 1. The SMILES string of the molecule is CC(CNC(=O)c1cc(N)ncc1Cl)N(C)C. The summed E-state index contributed by atoms with van der Waals surface area (Å²) in [4.78, 5) is 17.7. The van der Waals surface area contributed by atoms with Crippen LogP contribution in [0.25, 0.3) is 0 Å². The van der Waals surface area contributed by atoms with Crippen molar-refractivity contribution in [2.24, 2.45) is 0 Å². The van der Waals surface area contributed by atoms with Crippen molar-refractivity contribution in [1.29, 1.82) is 0 Å². The molecule has 0 aromatic carbocycles. The minimum absolute atomic E-state index is 0.238. The highest BCUT2D eigenvalue weighted by Gasteiger charge is 2.13. The van der Waals surface area contributed by atoms with E-state index in [1.54, 1.807) is 0 Å². The number of halogens is 1. The van der Waals surface area contributed by atoms with Crippen molar-refractivity contribution in [2.45, 2.75) is 13.0 Å². The van der Waals surface area contributed by atoms with E-state index < -0.39 is 0 Å². The van der Waals surface area contributed by atoms with Gasteiger partial charge in [0.15, 0.2) is 0 Å². The zero-order chi connectivity index (χ0) is 13.0. The third-order valence-corrected chi connectivity index (χ3v) is 2.86. The Morgan fingerprint density at radius 2 is 2.29 bits per heavy atom. The van der Waals surface area contributed by atoms with Gasteiger partial charge in [-0.25, -0.2) is 4.98 Å². The number of nitrogens with two attached hydrogens (primary N) is 1. The van der Waals surface area contributed by atoms with Crippen LogP contribution in [0.4, 0.5) is 5.82 Å². The summed E-state index contributed by atoms with van der Waals surface area (Å²) in [7, 11) is 3.91. The molecule has 3 N–H and O–H groups in total. The third kappa shape index (κ3) is 3.87. The average Bonchev–Trinajstić information content (AvgIpc) is 2.28. The molecule has 0 spiro atoms. The average molecular weight is 257 g/mol. The van der Waals surface area contributed by atoms with Crippen LogP contribution in [0.1, 0.15) is 17.3 Å². The summed E-state index contributed by atoms with van der Waals surface area (Å²) in [6.07, 6.45) is 1.38. The highest BCUT2D eigenvalue weighted by molar-refractivity contribution is 6.33. The van der Waals surface area contributed by atoms with E-state index in [4.69, 9.17) is 17.3 Å². The van der Waals surface area contributed by atoms with Gasteiger partial charge in [-0.3, -0.25) is 4.79 Å². The van der Waals surface area contributed by atoms with Crippen LogP contribution >= 0.6 is 11.6 Å². The van der Waals surface area contributed by atoms with E-state index in [1.807, 2.05) is 25.9 Å². The van der Waals surface area contributed by atoms with Gasteiger partial charge in [0.1, 0.15) is 5.82 Å². The number of nitrogens with zero attached hydrogens (tertiary/aromatic N) is 2. The van der Waals surface area contributed by atoms with Gasteiger partial charge in [0, 0.05) is 18.8 Å². The lowest BCUT2D eigenvalue weighted by Gasteiger charge is -2.20. The number of nitrogen functional groups attached to an aromatic ring is 1. The number of pyridine rings is 1. The summed E-state index contributed by atoms with van der Waals surface area (Å²) in [6.45, 7) is 2.56. The molecule has 0 radical (unpaired) electrons. The van der Waals surface area contributed by atoms with Gasteiger partial charge >= 0.3 is 0 Å². The number of carbonyl (C=O) groups excluding carboxylic acids is 1. The van der Waals surface area contributed by atoms with Crippen LogP contribution in [0.2, 0.25) is 5.02 Å². The van der Waals surface area contributed by atoms with Gasteiger partial charge in [0.05, 0.1) is 10.6 Å².